The zero-order valence-corrected chi connectivity index (χ0v) is 14.3. The van der Waals surface area contributed by atoms with Crippen LogP contribution >= 0.6 is 0 Å². The lowest BCUT2D eigenvalue weighted by atomic mass is 9.98. The van der Waals surface area contributed by atoms with Gasteiger partial charge in [0.2, 0.25) is 16.8 Å². The van der Waals surface area contributed by atoms with E-state index >= 15 is 0 Å². The van der Waals surface area contributed by atoms with Gasteiger partial charge in [0.1, 0.15) is 0 Å². The summed E-state index contributed by atoms with van der Waals surface area (Å²) in [5.41, 5.74) is 0.628. The highest BCUT2D eigenvalue weighted by Crippen LogP contribution is 2.34. The monoisotopic (exact) mass is 355 g/mol. The quantitative estimate of drug-likeness (QED) is 0.846. The predicted molar refractivity (Wildman–Crippen MR) is 88.7 cm³/mol. The lowest BCUT2D eigenvalue weighted by Crippen LogP contribution is -2.41. The summed E-state index contributed by atoms with van der Waals surface area (Å²) in [4.78, 5) is 12.0. The number of hydrogen-bond acceptors (Lipinski definition) is 5. The second-order valence-electron chi connectivity index (χ2n) is 6.01. The first-order chi connectivity index (χ1) is 11.4. The molecule has 3 rings (SSSR count). The molecule has 9 heteroatoms. The molecule has 2 amide bonds. The van der Waals surface area contributed by atoms with Crippen molar-refractivity contribution in [1.82, 2.24) is 9.62 Å². The number of hydrogen-bond donors (Lipinski definition) is 2. The Morgan fingerprint density at radius 3 is 2.67 bits per heavy atom. The van der Waals surface area contributed by atoms with Crippen molar-refractivity contribution in [3.63, 3.8) is 0 Å². The normalized spacial score (nSPS) is 18.4. The van der Waals surface area contributed by atoms with E-state index in [-0.39, 0.29) is 18.7 Å². The molecular weight excluding hydrogens is 334 g/mol. The van der Waals surface area contributed by atoms with E-state index in [9.17, 15) is 13.2 Å². The van der Waals surface area contributed by atoms with Gasteiger partial charge in [0.15, 0.2) is 11.5 Å². The highest BCUT2D eigenvalue weighted by molar-refractivity contribution is 7.88. The van der Waals surface area contributed by atoms with Gasteiger partial charge in [-0.15, -0.1) is 0 Å². The molecule has 1 fully saturated rings. The molecule has 0 saturated carbocycles. The molecule has 132 valence electrons. The molecule has 0 aliphatic carbocycles. The minimum atomic E-state index is -3.11. The number of nitrogens with zero attached hydrogens (tertiary/aromatic N) is 1. The van der Waals surface area contributed by atoms with Gasteiger partial charge < -0.3 is 20.1 Å². The second kappa shape index (κ2) is 6.86. The summed E-state index contributed by atoms with van der Waals surface area (Å²) in [5.74, 6) is 1.56. The number of carbonyl (C=O) groups is 1. The molecule has 1 saturated heterocycles. The van der Waals surface area contributed by atoms with Crippen LogP contribution in [-0.2, 0) is 10.0 Å². The summed E-state index contributed by atoms with van der Waals surface area (Å²) in [6, 6.07) is 4.92. The largest absolute Gasteiger partial charge is 0.454 e. The molecule has 24 heavy (non-hydrogen) atoms. The number of piperidine rings is 1. The van der Waals surface area contributed by atoms with E-state index < -0.39 is 10.0 Å². The van der Waals surface area contributed by atoms with Crippen molar-refractivity contribution < 1.29 is 22.7 Å². The Kier molecular flexibility index (Phi) is 4.81. The molecule has 1 aromatic rings. The van der Waals surface area contributed by atoms with Crippen LogP contribution in [0.3, 0.4) is 0 Å². The van der Waals surface area contributed by atoms with Crippen LogP contribution in [-0.4, -0.2) is 51.4 Å². The van der Waals surface area contributed by atoms with Crippen LogP contribution in [0.4, 0.5) is 10.5 Å². The lowest BCUT2D eigenvalue weighted by molar-refractivity contribution is 0.174. The maximum Gasteiger partial charge on any atom is 0.319 e. The predicted octanol–water partition coefficient (Wildman–Crippen LogP) is 1.21. The van der Waals surface area contributed by atoms with E-state index in [0.717, 1.165) is 12.8 Å². The average Bonchev–Trinajstić information content (AvgIpc) is 3.00. The Morgan fingerprint density at radius 2 is 1.96 bits per heavy atom. The number of amides is 2. The summed E-state index contributed by atoms with van der Waals surface area (Å²) in [6.07, 6.45) is 2.72. The molecule has 2 aliphatic rings. The summed E-state index contributed by atoms with van der Waals surface area (Å²) >= 11 is 0. The smallest absolute Gasteiger partial charge is 0.319 e. The van der Waals surface area contributed by atoms with Gasteiger partial charge in [-0.25, -0.2) is 17.5 Å². The van der Waals surface area contributed by atoms with E-state index in [1.807, 2.05) is 0 Å². The molecule has 0 aromatic heterocycles. The van der Waals surface area contributed by atoms with Gasteiger partial charge in [-0.3, -0.25) is 0 Å². The molecule has 8 nitrogen and oxygen atoms in total. The Morgan fingerprint density at radius 1 is 1.25 bits per heavy atom. The van der Waals surface area contributed by atoms with Crippen molar-refractivity contribution in [2.24, 2.45) is 5.92 Å². The van der Waals surface area contributed by atoms with Gasteiger partial charge in [0.05, 0.1) is 6.26 Å². The van der Waals surface area contributed by atoms with Crippen molar-refractivity contribution >= 4 is 21.7 Å². The Bertz CT molecular complexity index is 714. The summed E-state index contributed by atoms with van der Waals surface area (Å²) in [6.45, 7) is 1.73. The van der Waals surface area contributed by atoms with Gasteiger partial charge >= 0.3 is 6.03 Å². The molecule has 2 heterocycles. The first-order valence-corrected chi connectivity index (χ1v) is 9.66. The third kappa shape index (κ3) is 4.09. The molecule has 0 spiro atoms. The van der Waals surface area contributed by atoms with Crippen LogP contribution in [0.1, 0.15) is 12.8 Å². The van der Waals surface area contributed by atoms with Crippen LogP contribution in [0.25, 0.3) is 0 Å². The van der Waals surface area contributed by atoms with Crippen molar-refractivity contribution in [2.75, 3.05) is 38.0 Å². The van der Waals surface area contributed by atoms with Crippen LogP contribution in [0.15, 0.2) is 18.2 Å². The zero-order chi connectivity index (χ0) is 17.2. The van der Waals surface area contributed by atoms with E-state index in [4.69, 9.17) is 9.47 Å². The van der Waals surface area contributed by atoms with E-state index in [0.29, 0.717) is 36.8 Å². The number of fused-ring (bicyclic) bond motifs is 1. The fraction of sp³-hybridized carbons (Fsp3) is 0.533. The van der Waals surface area contributed by atoms with Crippen LogP contribution < -0.4 is 20.1 Å². The number of anilines is 1. The third-order valence-corrected chi connectivity index (χ3v) is 5.53. The van der Waals surface area contributed by atoms with Crippen LogP contribution in [0.5, 0.6) is 11.5 Å². The molecular formula is C15H21N3O5S. The van der Waals surface area contributed by atoms with Crippen LogP contribution in [0.2, 0.25) is 0 Å². The number of nitrogens with one attached hydrogen (secondary N) is 2. The van der Waals surface area contributed by atoms with Crippen LogP contribution in [0, 0.1) is 5.92 Å². The second-order valence-corrected chi connectivity index (χ2v) is 7.99. The van der Waals surface area contributed by atoms with Gasteiger partial charge in [0, 0.05) is 31.4 Å². The molecule has 0 unspecified atom stereocenters. The van der Waals surface area contributed by atoms with Crippen molar-refractivity contribution in [1.29, 1.82) is 0 Å². The SMILES string of the molecule is CS(=O)(=O)N1CCC(CNC(=O)Nc2ccc3c(c2)OCO3)CC1. The topological polar surface area (TPSA) is 97.0 Å². The third-order valence-electron chi connectivity index (χ3n) is 4.22. The van der Waals surface area contributed by atoms with Gasteiger partial charge in [-0.1, -0.05) is 0 Å². The van der Waals surface area contributed by atoms with Crippen molar-refractivity contribution in [2.45, 2.75) is 12.8 Å². The molecule has 0 bridgehead atoms. The fourth-order valence-corrected chi connectivity index (χ4v) is 3.71. The molecule has 1 aromatic carbocycles. The number of ether oxygens (including phenoxy) is 2. The number of carbonyl (C=O) groups excluding carboxylic acids is 1. The average molecular weight is 355 g/mol. The molecule has 2 N–H and O–H groups in total. The first-order valence-electron chi connectivity index (χ1n) is 7.81. The van der Waals surface area contributed by atoms with Crippen molar-refractivity contribution in [3.8, 4) is 11.5 Å². The van der Waals surface area contributed by atoms with E-state index in [2.05, 4.69) is 10.6 Å². The number of rotatable bonds is 4. The summed E-state index contributed by atoms with van der Waals surface area (Å²) in [7, 11) is -3.11. The standard InChI is InChI=1S/C15H21N3O5S/c1-24(20,21)18-6-4-11(5-7-18)9-16-15(19)17-12-2-3-13-14(8-12)23-10-22-13/h2-3,8,11H,4-7,9-10H2,1H3,(H2,16,17,19). The minimum Gasteiger partial charge on any atom is -0.454 e. The fourth-order valence-electron chi connectivity index (χ4n) is 2.83. The van der Waals surface area contributed by atoms with E-state index in [1.165, 1.54) is 10.6 Å². The maximum absolute atomic E-state index is 12.0. The number of benzene rings is 1. The Hall–Kier alpha value is -2.00. The van der Waals surface area contributed by atoms with Gasteiger partial charge in [0.25, 0.3) is 0 Å². The Labute approximate surface area is 141 Å². The first kappa shape index (κ1) is 16.8. The number of sulfonamides is 1. The van der Waals surface area contributed by atoms with Gasteiger partial charge in [-0.2, -0.15) is 0 Å². The maximum atomic E-state index is 12.0. The lowest BCUT2D eigenvalue weighted by Gasteiger charge is -2.30. The summed E-state index contributed by atoms with van der Waals surface area (Å²) < 4.78 is 34.9. The molecule has 0 atom stereocenters. The Balaban J connectivity index is 1.43. The van der Waals surface area contributed by atoms with Gasteiger partial charge in [-0.05, 0) is 30.9 Å². The highest BCUT2D eigenvalue weighted by Gasteiger charge is 2.25. The summed E-state index contributed by atoms with van der Waals surface area (Å²) in [5, 5.41) is 5.58. The van der Waals surface area contributed by atoms with Crippen molar-refractivity contribution in [3.05, 3.63) is 18.2 Å². The number of urea groups is 1. The van der Waals surface area contributed by atoms with E-state index in [1.54, 1.807) is 18.2 Å². The highest BCUT2D eigenvalue weighted by atomic mass is 32.2. The molecule has 2 aliphatic heterocycles. The minimum absolute atomic E-state index is 0.192. The molecule has 0 radical (unpaired) electrons. The zero-order valence-electron chi connectivity index (χ0n) is 13.4.